The van der Waals surface area contributed by atoms with Crippen LogP contribution in [-0.4, -0.2) is 46.8 Å². The van der Waals surface area contributed by atoms with Crippen molar-refractivity contribution in [2.75, 3.05) is 19.6 Å². The maximum absolute atomic E-state index is 13.0. The van der Waals surface area contributed by atoms with Crippen LogP contribution in [0.1, 0.15) is 65.3 Å². The second kappa shape index (κ2) is 8.14. The van der Waals surface area contributed by atoms with Crippen LogP contribution in [0.15, 0.2) is 48.5 Å². The summed E-state index contributed by atoms with van der Waals surface area (Å²) in [6, 6.07) is 16.3. The summed E-state index contributed by atoms with van der Waals surface area (Å²) in [5.74, 6) is 0.439. The summed E-state index contributed by atoms with van der Waals surface area (Å²) >= 11 is 0. The highest BCUT2D eigenvalue weighted by molar-refractivity contribution is 5.94. The van der Waals surface area contributed by atoms with E-state index < -0.39 is 6.04 Å². The number of hydrogen-bond donors (Lipinski definition) is 2. The lowest BCUT2D eigenvalue weighted by Crippen LogP contribution is -2.54. The van der Waals surface area contributed by atoms with Crippen LogP contribution >= 0.6 is 0 Å². The lowest BCUT2D eigenvalue weighted by molar-refractivity contribution is -0.0854. The average Bonchev–Trinajstić information content (AvgIpc) is 2.81. The molecule has 0 aromatic heterocycles. The van der Waals surface area contributed by atoms with Crippen molar-refractivity contribution in [2.45, 2.75) is 50.7 Å². The van der Waals surface area contributed by atoms with Gasteiger partial charge in [-0.05, 0) is 73.9 Å². The highest BCUT2D eigenvalue weighted by Crippen LogP contribution is 2.40. The Hall–Kier alpha value is -2.21. The van der Waals surface area contributed by atoms with Gasteiger partial charge in [0.15, 0.2) is 0 Å². The van der Waals surface area contributed by atoms with Crippen LogP contribution in [0.2, 0.25) is 0 Å². The molecule has 2 fully saturated rings. The highest BCUT2D eigenvalue weighted by atomic mass is 16.5. The smallest absolute Gasteiger partial charge is 0.277 e. The van der Waals surface area contributed by atoms with E-state index in [0.717, 1.165) is 42.5 Å². The second-order valence-corrected chi connectivity index (χ2v) is 9.11. The predicted octanol–water partition coefficient (Wildman–Crippen LogP) is 3.95. The van der Waals surface area contributed by atoms with Gasteiger partial charge < -0.3 is 5.32 Å². The maximum Gasteiger partial charge on any atom is 0.277 e. The average molecular weight is 406 g/mol. The molecule has 5 heteroatoms. The number of benzene rings is 2. The Morgan fingerprint density at radius 3 is 2.90 bits per heavy atom. The number of piperidine rings is 2. The van der Waals surface area contributed by atoms with Gasteiger partial charge in [-0.2, -0.15) is 0 Å². The summed E-state index contributed by atoms with van der Waals surface area (Å²) in [7, 11) is 0. The summed E-state index contributed by atoms with van der Waals surface area (Å²) in [6.45, 7) is 5.22. The van der Waals surface area contributed by atoms with Gasteiger partial charge in [0.05, 0.1) is 6.04 Å². The maximum atomic E-state index is 13.0. The summed E-state index contributed by atoms with van der Waals surface area (Å²) in [5, 5.41) is 15.2. The zero-order valence-electron chi connectivity index (χ0n) is 17.6. The molecule has 158 valence electrons. The van der Waals surface area contributed by atoms with Gasteiger partial charge in [-0.3, -0.25) is 14.9 Å². The van der Waals surface area contributed by atoms with E-state index in [4.69, 9.17) is 0 Å². The lowest BCUT2D eigenvalue weighted by Gasteiger charge is -2.49. The lowest BCUT2D eigenvalue weighted by atomic mass is 9.77. The van der Waals surface area contributed by atoms with Gasteiger partial charge in [0.25, 0.3) is 5.91 Å². The molecule has 0 aliphatic carbocycles. The third-order valence-electron chi connectivity index (χ3n) is 7.39. The Labute approximate surface area is 178 Å². The number of fused-ring (bicyclic) bond motifs is 4. The van der Waals surface area contributed by atoms with E-state index >= 15 is 0 Å². The van der Waals surface area contributed by atoms with Crippen LogP contribution in [0.3, 0.4) is 0 Å². The Morgan fingerprint density at radius 1 is 1.23 bits per heavy atom. The molecule has 3 heterocycles. The molecule has 5 nitrogen and oxygen atoms in total. The molecule has 3 aliphatic rings. The Bertz CT molecular complexity index is 916. The molecule has 5 rings (SSSR count). The number of nitrogens with zero attached hydrogens (tertiary/aromatic N) is 2. The fraction of sp³-hybridized carbons (Fsp3) is 0.480. The quantitative estimate of drug-likeness (QED) is 0.600. The molecule has 2 aromatic carbocycles. The van der Waals surface area contributed by atoms with Crippen molar-refractivity contribution in [1.82, 2.24) is 15.3 Å². The monoisotopic (exact) mass is 405 g/mol. The fourth-order valence-corrected chi connectivity index (χ4v) is 5.63. The summed E-state index contributed by atoms with van der Waals surface area (Å²) in [4.78, 5) is 15.6. The third kappa shape index (κ3) is 3.55. The Balaban J connectivity index is 1.35. The molecule has 1 amide bonds. The molecule has 0 spiro atoms. The Kier molecular flexibility index (Phi) is 5.35. The van der Waals surface area contributed by atoms with Crippen molar-refractivity contribution in [3.8, 4) is 0 Å². The molecule has 0 saturated carbocycles. The second-order valence-electron chi connectivity index (χ2n) is 9.11. The van der Waals surface area contributed by atoms with Gasteiger partial charge in [-0.15, -0.1) is 0 Å². The number of hydrogen-bond acceptors (Lipinski definition) is 4. The SMILES string of the molecule is C[C@H](c1ccccc1)N(O)C(=O)c1ccc2c(c1)CCN1C[C@H]3CCCN[C@H]3C[C@H]21. The molecule has 30 heavy (non-hydrogen) atoms. The Morgan fingerprint density at radius 2 is 2.07 bits per heavy atom. The molecule has 2 aromatic rings. The summed E-state index contributed by atoms with van der Waals surface area (Å²) in [5.41, 5.74) is 4.11. The van der Waals surface area contributed by atoms with Gasteiger partial charge in [-0.1, -0.05) is 36.4 Å². The molecular formula is C25H31N3O2. The standard InChI is InChI=1S/C25H31N3O2/c1-17(18-6-3-2-4-7-18)28(30)25(29)20-9-10-22-19(14-20)11-13-27-16-21-8-5-12-26-23(21)15-24(22)27/h2-4,6-7,9-10,14,17,21,23-24,26,30H,5,8,11-13,15-16H2,1H3/t17-,21-,23+,24-/m1/s1. The van der Waals surface area contributed by atoms with Crippen molar-refractivity contribution in [2.24, 2.45) is 5.92 Å². The largest absolute Gasteiger partial charge is 0.314 e. The minimum Gasteiger partial charge on any atom is -0.314 e. The fourth-order valence-electron chi connectivity index (χ4n) is 5.63. The van der Waals surface area contributed by atoms with Crippen LogP contribution < -0.4 is 5.32 Å². The first-order valence-electron chi connectivity index (χ1n) is 11.3. The number of amides is 1. The van der Waals surface area contributed by atoms with E-state index in [0.29, 0.717) is 17.6 Å². The first-order valence-corrected chi connectivity index (χ1v) is 11.3. The summed E-state index contributed by atoms with van der Waals surface area (Å²) < 4.78 is 0. The first-order chi connectivity index (χ1) is 14.6. The van der Waals surface area contributed by atoms with Crippen LogP contribution in [-0.2, 0) is 6.42 Å². The highest BCUT2D eigenvalue weighted by Gasteiger charge is 2.39. The van der Waals surface area contributed by atoms with Crippen LogP contribution in [0.25, 0.3) is 0 Å². The van der Waals surface area contributed by atoms with Gasteiger partial charge >= 0.3 is 0 Å². The number of hydroxylamine groups is 2. The van der Waals surface area contributed by atoms with Crippen molar-refractivity contribution in [3.05, 3.63) is 70.8 Å². The van der Waals surface area contributed by atoms with E-state index in [-0.39, 0.29) is 5.91 Å². The van der Waals surface area contributed by atoms with E-state index in [1.165, 1.54) is 30.5 Å². The molecule has 3 aliphatic heterocycles. The van der Waals surface area contributed by atoms with Gasteiger partial charge in [0.2, 0.25) is 0 Å². The normalized spacial score (nSPS) is 26.8. The van der Waals surface area contributed by atoms with Gasteiger partial charge in [0, 0.05) is 30.7 Å². The van der Waals surface area contributed by atoms with Crippen molar-refractivity contribution >= 4 is 5.91 Å². The molecule has 2 saturated heterocycles. The molecular weight excluding hydrogens is 374 g/mol. The molecule has 0 unspecified atom stereocenters. The van der Waals surface area contributed by atoms with Crippen LogP contribution in [0, 0.1) is 5.92 Å². The zero-order valence-corrected chi connectivity index (χ0v) is 17.6. The van der Waals surface area contributed by atoms with E-state index in [9.17, 15) is 10.0 Å². The zero-order chi connectivity index (χ0) is 20.7. The van der Waals surface area contributed by atoms with Crippen molar-refractivity contribution < 1.29 is 10.0 Å². The predicted molar refractivity (Wildman–Crippen MR) is 116 cm³/mol. The minimum absolute atomic E-state index is 0.339. The number of nitrogens with one attached hydrogen (secondary N) is 1. The van der Waals surface area contributed by atoms with Crippen molar-refractivity contribution in [3.63, 3.8) is 0 Å². The van der Waals surface area contributed by atoms with Crippen LogP contribution in [0.5, 0.6) is 0 Å². The summed E-state index contributed by atoms with van der Waals surface area (Å²) in [6.07, 6.45) is 4.76. The third-order valence-corrected chi connectivity index (χ3v) is 7.39. The van der Waals surface area contributed by atoms with E-state index in [1.54, 1.807) is 0 Å². The minimum atomic E-state index is -0.391. The van der Waals surface area contributed by atoms with E-state index in [2.05, 4.69) is 16.3 Å². The molecule has 4 atom stereocenters. The molecule has 0 radical (unpaired) electrons. The van der Waals surface area contributed by atoms with Gasteiger partial charge in [0.1, 0.15) is 0 Å². The number of carbonyl (C=O) groups excluding carboxylic acids is 1. The topological polar surface area (TPSA) is 55.8 Å². The van der Waals surface area contributed by atoms with E-state index in [1.807, 2.05) is 49.4 Å². The molecule has 0 bridgehead atoms. The first kappa shape index (κ1) is 19.7. The number of carbonyl (C=O) groups is 1. The number of rotatable bonds is 3. The molecule has 2 N–H and O–H groups in total. The van der Waals surface area contributed by atoms with Crippen LogP contribution in [0.4, 0.5) is 0 Å². The van der Waals surface area contributed by atoms with Crippen molar-refractivity contribution in [1.29, 1.82) is 0 Å². The van der Waals surface area contributed by atoms with Gasteiger partial charge in [-0.25, -0.2) is 5.06 Å².